The zero-order valence-electron chi connectivity index (χ0n) is 39.7. The van der Waals surface area contributed by atoms with E-state index in [1.807, 2.05) is 0 Å². The fourth-order valence-corrected chi connectivity index (χ4v) is 9.20. The van der Waals surface area contributed by atoms with Crippen molar-refractivity contribution in [3.05, 3.63) is 242 Å². The maximum absolute atomic E-state index is 5.64. The van der Waals surface area contributed by atoms with Gasteiger partial charge in [-0.05, 0) is 117 Å². The lowest BCUT2D eigenvalue weighted by molar-refractivity contribution is 0.583. The highest BCUT2D eigenvalue weighted by Gasteiger charge is 2.27. The van der Waals surface area contributed by atoms with E-state index < -0.39 is 0 Å². The first-order valence-electron chi connectivity index (χ1n) is 23.6. The second-order valence-corrected chi connectivity index (χ2v) is 19.5. The Labute approximate surface area is 401 Å². The molecule has 0 fully saturated rings. The Hall–Kier alpha value is -8.08. The summed E-state index contributed by atoms with van der Waals surface area (Å²) >= 11 is 0. The summed E-state index contributed by atoms with van der Waals surface area (Å²) in [7, 11) is 0. The van der Waals surface area contributed by atoms with Crippen LogP contribution in [-0.2, 0) is 10.8 Å². The van der Waals surface area contributed by atoms with Crippen molar-refractivity contribution < 1.29 is 0 Å². The molecule has 68 heavy (non-hydrogen) atoms. The van der Waals surface area contributed by atoms with Crippen molar-refractivity contribution >= 4 is 45.2 Å². The van der Waals surface area contributed by atoms with Gasteiger partial charge in [0, 0.05) is 45.3 Å². The van der Waals surface area contributed by atoms with Crippen LogP contribution in [0, 0.1) is 0 Å². The molecule has 332 valence electrons. The fraction of sp³-hybridized carbons (Fsp3) is 0.125. The average molecular weight is 881 g/mol. The van der Waals surface area contributed by atoms with E-state index in [9.17, 15) is 0 Å². The van der Waals surface area contributed by atoms with Crippen LogP contribution in [0.15, 0.2) is 231 Å². The van der Waals surface area contributed by atoms with Crippen molar-refractivity contribution in [2.45, 2.75) is 52.4 Å². The molecular formula is C64H56N4. The van der Waals surface area contributed by atoms with Gasteiger partial charge in [0.25, 0.3) is 0 Å². The van der Waals surface area contributed by atoms with Gasteiger partial charge in [-0.25, -0.2) is 9.97 Å². The van der Waals surface area contributed by atoms with Gasteiger partial charge in [0.1, 0.15) is 0 Å². The van der Waals surface area contributed by atoms with Crippen LogP contribution in [0.25, 0.3) is 55.8 Å². The molecule has 9 aromatic carbocycles. The summed E-state index contributed by atoms with van der Waals surface area (Å²) in [5.74, 6) is 0. The first-order chi connectivity index (χ1) is 33.0. The number of aromatic nitrogens is 2. The van der Waals surface area contributed by atoms with Gasteiger partial charge < -0.3 is 9.80 Å². The summed E-state index contributed by atoms with van der Waals surface area (Å²) in [6.45, 7) is 13.6. The Morgan fingerprint density at radius 3 is 0.721 bits per heavy atom. The summed E-state index contributed by atoms with van der Waals surface area (Å²) in [4.78, 5) is 15.9. The normalized spacial score (nSPS) is 11.7. The number of benzene rings is 9. The summed E-state index contributed by atoms with van der Waals surface area (Å²) < 4.78 is 0. The molecule has 10 aromatic rings. The summed E-state index contributed by atoms with van der Waals surface area (Å²) in [5, 5.41) is 0. The van der Waals surface area contributed by atoms with Gasteiger partial charge in [-0.15, -0.1) is 0 Å². The predicted molar refractivity (Wildman–Crippen MR) is 288 cm³/mol. The van der Waals surface area contributed by atoms with E-state index >= 15 is 0 Å². The maximum atomic E-state index is 5.64. The second kappa shape index (κ2) is 18.3. The largest absolute Gasteiger partial charge is 0.311 e. The van der Waals surface area contributed by atoms with Crippen LogP contribution in [0.2, 0.25) is 0 Å². The van der Waals surface area contributed by atoms with E-state index in [0.29, 0.717) is 0 Å². The number of fused-ring (bicyclic) bond motifs is 1. The Balaban J connectivity index is 1.02. The monoisotopic (exact) mass is 880 g/mol. The molecule has 0 aliphatic rings. The van der Waals surface area contributed by atoms with E-state index in [-0.39, 0.29) is 10.8 Å². The van der Waals surface area contributed by atoms with Crippen LogP contribution < -0.4 is 9.80 Å². The van der Waals surface area contributed by atoms with Crippen LogP contribution in [0.5, 0.6) is 0 Å². The molecule has 0 saturated carbocycles. The van der Waals surface area contributed by atoms with Gasteiger partial charge in [-0.1, -0.05) is 199 Å². The van der Waals surface area contributed by atoms with Gasteiger partial charge in [0.2, 0.25) is 0 Å². The lowest BCUT2D eigenvalue weighted by atomic mass is 9.80. The van der Waals surface area contributed by atoms with Crippen molar-refractivity contribution in [1.29, 1.82) is 0 Å². The highest BCUT2D eigenvalue weighted by Crippen LogP contribution is 2.41. The number of rotatable bonds is 10. The third-order valence-corrected chi connectivity index (χ3v) is 12.7. The SMILES string of the molecule is CC(C)(C)c1ccc(C(C)(C)C)c2nc(-c3ccc(-c4ccc(N(c5ccccc5)c5ccccc5)cc4)cc3)c(-c3ccc(-c4ccc(N(c5ccccc5)c5ccccc5)cc4)cc3)nc12. The smallest absolute Gasteiger partial charge is 0.0973 e. The molecule has 1 heterocycles. The maximum Gasteiger partial charge on any atom is 0.0973 e. The van der Waals surface area contributed by atoms with Gasteiger partial charge in [-0.2, -0.15) is 0 Å². The highest BCUT2D eigenvalue weighted by molar-refractivity contribution is 5.91. The fourth-order valence-electron chi connectivity index (χ4n) is 9.20. The van der Waals surface area contributed by atoms with E-state index in [1.165, 1.54) is 11.1 Å². The topological polar surface area (TPSA) is 32.3 Å². The van der Waals surface area contributed by atoms with Crippen molar-refractivity contribution in [2.75, 3.05) is 9.80 Å². The molecule has 0 aliphatic heterocycles. The molecule has 1 aromatic heterocycles. The molecule has 0 aliphatic carbocycles. The Morgan fingerprint density at radius 1 is 0.250 bits per heavy atom. The molecule has 0 saturated heterocycles. The minimum Gasteiger partial charge on any atom is -0.311 e. The third-order valence-electron chi connectivity index (χ3n) is 12.7. The van der Waals surface area contributed by atoms with Crippen molar-refractivity contribution in [2.24, 2.45) is 0 Å². The Kier molecular flexibility index (Phi) is 11.8. The zero-order chi connectivity index (χ0) is 46.8. The molecule has 10 rings (SSSR count). The quantitative estimate of drug-likeness (QED) is 0.137. The molecule has 4 nitrogen and oxygen atoms in total. The Bertz CT molecular complexity index is 2980. The van der Waals surface area contributed by atoms with Crippen molar-refractivity contribution in [3.8, 4) is 44.8 Å². The van der Waals surface area contributed by atoms with Crippen LogP contribution in [0.3, 0.4) is 0 Å². The van der Waals surface area contributed by atoms with Gasteiger partial charge in [0.15, 0.2) is 0 Å². The van der Waals surface area contributed by atoms with Crippen molar-refractivity contribution in [1.82, 2.24) is 9.97 Å². The number of anilines is 6. The molecular weight excluding hydrogens is 825 g/mol. The van der Waals surface area contributed by atoms with Crippen LogP contribution in [0.1, 0.15) is 52.7 Å². The predicted octanol–water partition coefficient (Wildman–Crippen LogP) is 17.8. The summed E-state index contributed by atoms with van der Waals surface area (Å²) in [6.07, 6.45) is 0. The van der Waals surface area contributed by atoms with E-state index in [2.05, 4.69) is 282 Å². The molecule has 4 heteroatoms. The number of hydrogen-bond donors (Lipinski definition) is 0. The summed E-state index contributed by atoms with van der Waals surface area (Å²) in [6, 6.07) is 82.0. The number of hydrogen-bond acceptors (Lipinski definition) is 4. The molecule has 0 bridgehead atoms. The standard InChI is InChI=1S/C64H56N4/c1-63(2,3)57-43-44-58(64(4,5)6)62-61(57)65-59(49-31-27-45(28-32-49)47-35-39-55(40-36-47)67(51-19-11-7-12-20-51)52-21-13-8-14-22-52)60(66-62)50-33-29-46(30-34-50)48-37-41-56(42-38-48)68(53-23-15-9-16-24-53)54-25-17-10-18-26-54/h7-44H,1-6H3. The number of para-hydroxylation sites is 4. The van der Waals surface area contributed by atoms with Gasteiger partial charge in [-0.3, -0.25) is 0 Å². The first-order valence-corrected chi connectivity index (χ1v) is 23.6. The van der Waals surface area contributed by atoms with Crippen LogP contribution in [0.4, 0.5) is 34.1 Å². The first kappa shape index (κ1) is 43.8. The number of nitrogens with zero attached hydrogens (tertiary/aromatic N) is 4. The third kappa shape index (κ3) is 8.94. The van der Waals surface area contributed by atoms with Crippen molar-refractivity contribution in [3.63, 3.8) is 0 Å². The summed E-state index contributed by atoms with van der Waals surface area (Å²) in [5.41, 5.74) is 19.1. The molecule has 0 N–H and O–H groups in total. The minimum atomic E-state index is -0.134. The molecule has 0 spiro atoms. The van der Waals surface area contributed by atoms with Gasteiger partial charge in [0.05, 0.1) is 22.4 Å². The van der Waals surface area contributed by atoms with Gasteiger partial charge >= 0.3 is 0 Å². The average Bonchev–Trinajstić information content (AvgIpc) is 3.37. The zero-order valence-corrected chi connectivity index (χ0v) is 39.7. The lowest BCUT2D eigenvalue weighted by Gasteiger charge is -2.26. The molecule has 0 atom stereocenters. The molecule has 0 amide bonds. The van der Waals surface area contributed by atoms with Crippen LogP contribution >= 0.6 is 0 Å². The molecule has 0 unspecified atom stereocenters. The van der Waals surface area contributed by atoms with Crippen LogP contribution in [-0.4, -0.2) is 9.97 Å². The minimum absolute atomic E-state index is 0.134. The lowest BCUT2D eigenvalue weighted by Crippen LogP contribution is -2.17. The van der Waals surface area contributed by atoms with E-state index in [1.54, 1.807) is 0 Å². The highest BCUT2D eigenvalue weighted by atomic mass is 15.1. The molecule has 0 radical (unpaired) electrons. The van der Waals surface area contributed by atoms with E-state index in [0.717, 1.165) is 89.9 Å². The Morgan fingerprint density at radius 2 is 0.471 bits per heavy atom. The van der Waals surface area contributed by atoms with E-state index in [4.69, 9.17) is 9.97 Å². The second-order valence-electron chi connectivity index (χ2n) is 19.5.